The third kappa shape index (κ3) is 6.49. The van der Waals surface area contributed by atoms with Crippen LogP contribution >= 0.6 is 0 Å². The van der Waals surface area contributed by atoms with Crippen LogP contribution < -0.4 is 24.8 Å². The van der Waals surface area contributed by atoms with E-state index in [0.29, 0.717) is 57.5 Å². The fourth-order valence-corrected chi connectivity index (χ4v) is 5.55. The lowest BCUT2D eigenvalue weighted by Crippen LogP contribution is -2.24. The normalized spacial score (nSPS) is 15.1. The molecular formula is C34H33FN8O4. The van der Waals surface area contributed by atoms with E-state index in [9.17, 15) is 10.1 Å². The van der Waals surface area contributed by atoms with Crippen molar-refractivity contribution in [3.05, 3.63) is 78.1 Å². The van der Waals surface area contributed by atoms with Crippen molar-refractivity contribution in [3.8, 4) is 29.1 Å². The number of amides is 1. The Morgan fingerprint density at radius 3 is 2.77 bits per heavy atom. The summed E-state index contributed by atoms with van der Waals surface area (Å²) < 4.78 is 34.4. The van der Waals surface area contributed by atoms with Crippen LogP contribution in [0.25, 0.3) is 16.6 Å². The van der Waals surface area contributed by atoms with Crippen LogP contribution in [0.15, 0.2) is 67.0 Å². The number of anilines is 3. The molecule has 5 aromatic rings. The van der Waals surface area contributed by atoms with E-state index in [1.165, 1.54) is 25.7 Å². The largest absolute Gasteiger partial charge is 0.494 e. The topological polar surface area (TPSA) is 139 Å². The number of fused-ring (bicyclic) bond motifs is 2. The maximum atomic E-state index is 15.1. The Kier molecular flexibility index (Phi) is 8.86. The van der Waals surface area contributed by atoms with Crippen LogP contribution in [0.3, 0.4) is 0 Å². The van der Waals surface area contributed by atoms with Gasteiger partial charge in [0.15, 0.2) is 11.5 Å². The zero-order valence-electron chi connectivity index (χ0n) is 26.4. The second-order valence-electron chi connectivity index (χ2n) is 11.1. The lowest BCUT2D eigenvalue weighted by atomic mass is 10.1. The number of carbonyl (C=O) groups excluding carboxylic acids is 1. The van der Waals surface area contributed by atoms with Gasteiger partial charge >= 0.3 is 0 Å². The predicted molar refractivity (Wildman–Crippen MR) is 175 cm³/mol. The van der Waals surface area contributed by atoms with Gasteiger partial charge in [-0.15, -0.1) is 0 Å². The number of nitriles is 1. The number of halogens is 1. The van der Waals surface area contributed by atoms with Crippen LogP contribution in [-0.2, 0) is 4.79 Å². The summed E-state index contributed by atoms with van der Waals surface area (Å²) in [5.41, 5.74) is 3.39. The Morgan fingerprint density at radius 2 is 2.02 bits per heavy atom. The number of likely N-dealkylation sites (N-methyl/N-ethyl adjacent to an activating group) is 1. The number of benzene rings is 2. The molecule has 0 aliphatic carbocycles. The minimum Gasteiger partial charge on any atom is -0.494 e. The summed E-state index contributed by atoms with van der Waals surface area (Å²) >= 11 is 0. The van der Waals surface area contributed by atoms with E-state index < -0.39 is 11.7 Å². The Morgan fingerprint density at radius 1 is 1.17 bits per heavy atom. The van der Waals surface area contributed by atoms with Gasteiger partial charge in [0, 0.05) is 42.0 Å². The maximum Gasteiger partial charge on any atom is 0.284 e. The molecule has 0 radical (unpaired) electrons. The van der Waals surface area contributed by atoms with Gasteiger partial charge in [-0.1, -0.05) is 0 Å². The highest BCUT2D eigenvalue weighted by Crippen LogP contribution is 2.40. The SMILES string of the molecule is CCOc1cc2ncc(C#N)c(Nc3cc(C)c(Oc4ccn5ncnc5c4)cc3OC)c2cc1NC(=O)/C(F)=C\C1CCCN1C. The van der Waals surface area contributed by atoms with E-state index >= 15 is 4.39 Å². The first-order valence-corrected chi connectivity index (χ1v) is 15.1. The third-order valence-electron chi connectivity index (χ3n) is 8.01. The standard InChI is InChI=1S/C34H33FN8O4/c1-5-46-31-15-26-24(14-28(31)41-34(44)25(35)12-22-7-6-9-42(22)3)33(21(17-36)18-37-26)40-27-11-20(2)29(16-30(27)45-4)47-23-8-10-43-32(13-23)38-19-39-43/h8,10-16,18-19,22H,5-7,9H2,1-4H3,(H,37,40)(H,41,44)/b25-12+. The van der Waals surface area contributed by atoms with Gasteiger partial charge in [-0.2, -0.15) is 10.4 Å². The van der Waals surface area contributed by atoms with Crippen molar-refractivity contribution in [1.82, 2.24) is 24.5 Å². The van der Waals surface area contributed by atoms with E-state index in [2.05, 4.69) is 31.8 Å². The molecule has 1 amide bonds. The lowest BCUT2D eigenvalue weighted by Gasteiger charge is -2.19. The highest BCUT2D eigenvalue weighted by atomic mass is 19.1. The lowest BCUT2D eigenvalue weighted by molar-refractivity contribution is -0.114. The van der Waals surface area contributed by atoms with Gasteiger partial charge in [0.2, 0.25) is 0 Å². The van der Waals surface area contributed by atoms with E-state index in [4.69, 9.17) is 14.2 Å². The molecule has 47 heavy (non-hydrogen) atoms. The molecule has 1 saturated heterocycles. The summed E-state index contributed by atoms with van der Waals surface area (Å²) in [6, 6.07) is 12.5. The number of hydrogen-bond acceptors (Lipinski definition) is 10. The highest BCUT2D eigenvalue weighted by Gasteiger charge is 2.23. The number of likely N-dealkylation sites (tertiary alicyclic amines) is 1. The molecule has 2 aromatic carbocycles. The van der Waals surface area contributed by atoms with Crippen LogP contribution in [-0.4, -0.2) is 63.7 Å². The summed E-state index contributed by atoms with van der Waals surface area (Å²) in [5, 5.41) is 20.6. The molecule has 1 aliphatic heterocycles. The number of rotatable bonds is 10. The minimum absolute atomic E-state index is 0.144. The molecule has 12 nitrogen and oxygen atoms in total. The number of methoxy groups -OCH3 is 1. The molecule has 2 N–H and O–H groups in total. The molecule has 0 bridgehead atoms. The van der Waals surface area contributed by atoms with Gasteiger partial charge < -0.3 is 24.8 Å². The number of nitrogens with zero attached hydrogens (tertiary/aromatic N) is 6. The fourth-order valence-electron chi connectivity index (χ4n) is 5.55. The second kappa shape index (κ2) is 13.3. The molecule has 0 saturated carbocycles. The Bertz CT molecular complexity index is 2050. The van der Waals surface area contributed by atoms with Crippen molar-refractivity contribution in [1.29, 1.82) is 5.26 Å². The Labute approximate surface area is 270 Å². The monoisotopic (exact) mass is 636 g/mol. The van der Waals surface area contributed by atoms with E-state index in [1.54, 1.807) is 48.0 Å². The predicted octanol–water partition coefficient (Wildman–Crippen LogP) is 6.29. The van der Waals surface area contributed by atoms with Crippen LogP contribution in [0, 0.1) is 18.3 Å². The highest BCUT2D eigenvalue weighted by molar-refractivity contribution is 6.06. The van der Waals surface area contributed by atoms with Crippen molar-refractivity contribution >= 4 is 39.5 Å². The summed E-state index contributed by atoms with van der Waals surface area (Å²) in [7, 11) is 3.44. The number of hydrogen-bond donors (Lipinski definition) is 2. The molecule has 240 valence electrons. The smallest absolute Gasteiger partial charge is 0.284 e. The first-order chi connectivity index (χ1) is 22.8. The van der Waals surface area contributed by atoms with Gasteiger partial charge in [0.25, 0.3) is 5.91 Å². The van der Waals surface area contributed by atoms with Crippen molar-refractivity contribution in [3.63, 3.8) is 0 Å². The molecule has 1 unspecified atom stereocenters. The Hall–Kier alpha value is -5.74. The van der Waals surface area contributed by atoms with Crippen LogP contribution in [0.5, 0.6) is 23.0 Å². The first-order valence-electron chi connectivity index (χ1n) is 15.1. The fraction of sp³-hybridized carbons (Fsp3) is 0.265. The van der Waals surface area contributed by atoms with Gasteiger partial charge in [-0.25, -0.2) is 13.9 Å². The summed E-state index contributed by atoms with van der Waals surface area (Å²) in [6.45, 7) is 4.84. The van der Waals surface area contributed by atoms with Gasteiger partial charge in [-0.3, -0.25) is 14.7 Å². The van der Waals surface area contributed by atoms with Crippen LogP contribution in [0.1, 0.15) is 30.9 Å². The summed E-state index contributed by atoms with van der Waals surface area (Å²) in [6.07, 6.45) is 7.74. The van der Waals surface area contributed by atoms with Crippen molar-refractivity contribution in [2.45, 2.75) is 32.7 Å². The van der Waals surface area contributed by atoms with Crippen molar-refractivity contribution in [2.75, 3.05) is 37.9 Å². The number of carbonyl (C=O) groups is 1. The minimum atomic E-state index is -0.888. The van der Waals surface area contributed by atoms with Crippen molar-refractivity contribution in [2.24, 2.45) is 0 Å². The second-order valence-corrected chi connectivity index (χ2v) is 11.1. The average molecular weight is 637 g/mol. The number of aryl methyl sites for hydroxylation is 1. The zero-order chi connectivity index (χ0) is 33.1. The molecule has 4 heterocycles. The molecule has 0 spiro atoms. The summed E-state index contributed by atoms with van der Waals surface area (Å²) in [5.74, 6) is 0.136. The molecule has 13 heteroatoms. The van der Waals surface area contributed by atoms with Crippen LogP contribution in [0.2, 0.25) is 0 Å². The number of aromatic nitrogens is 4. The van der Waals surface area contributed by atoms with E-state index in [-0.39, 0.29) is 17.3 Å². The molecule has 6 rings (SSSR count). The molecule has 1 aliphatic rings. The van der Waals surface area contributed by atoms with Gasteiger partial charge in [0.05, 0.1) is 41.9 Å². The first kappa shape index (κ1) is 31.3. The van der Waals surface area contributed by atoms with Gasteiger partial charge in [0.1, 0.15) is 35.4 Å². The third-order valence-corrected chi connectivity index (χ3v) is 8.01. The molecule has 1 fully saturated rings. The number of pyridine rings is 2. The number of nitrogens with one attached hydrogen (secondary N) is 2. The van der Waals surface area contributed by atoms with Crippen LogP contribution in [0.4, 0.5) is 21.5 Å². The Balaban J connectivity index is 1.35. The quantitative estimate of drug-likeness (QED) is 0.168. The molecule has 1 atom stereocenters. The van der Waals surface area contributed by atoms with Gasteiger partial charge in [-0.05, 0) is 70.1 Å². The zero-order valence-corrected chi connectivity index (χ0v) is 26.4. The van der Waals surface area contributed by atoms with E-state index in [0.717, 1.165) is 24.9 Å². The molecular weight excluding hydrogens is 603 g/mol. The molecule has 3 aromatic heterocycles. The van der Waals surface area contributed by atoms with E-state index in [1.807, 2.05) is 24.9 Å². The number of ether oxygens (including phenoxy) is 3. The maximum absolute atomic E-state index is 15.1. The average Bonchev–Trinajstić information content (AvgIpc) is 3.70. The van der Waals surface area contributed by atoms with Crippen molar-refractivity contribution < 1.29 is 23.4 Å². The summed E-state index contributed by atoms with van der Waals surface area (Å²) in [4.78, 5) is 23.7.